The smallest absolute Gasteiger partial charge is 0.227 e. The molecule has 2 atom stereocenters. The summed E-state index contributed by atoms with van der Waals surface area (Å²) in [6.45, 7) is 4.38. The normalized spacial score (nSPS) is 23.6. The van der Waals surface area contributed by atoms with Gasteiger partial charge in [-0.3, -0.25) is 4.79 Å². The Morgan fingerprint density at radius 3 is 2.80 bits per heavy atom. The molecule has 1 aromatic rings. The maximum absolute atomic E-state index is 12.5. The average Bonchev–Trinajstić information content (AvgIpc) is 2.40. The molecule has 0 aliphatic carbocycles. The monoisotopic (exact) mass is 338 g/mol. The van der Waals surface area contributed by atoms with Crippen molar-refractivity contribution in [1.29, 1.82) is 0 Å². The van der Waals surface area contributed by atoms with E-state index in [9.17, 15) is 4.79 Å². The van der Waals surface area contributed by atoms with E-state index < -0.39 is 0 Å². The van der Waals surface area contributed by atoms with E-state index in [0.717, 1.165) is 29.5 Å². The van der Waals surface area contributed by atoms with Gasteiger partial charge >= 0.3 is 0 Å². The lowest BCUT2D eigenvalue weighted by Crippen LogP contribution is -2.50. The summed E-state index contributed by atoms with van der Waals surface area (Å²) in [5.74, 6) is 0.736. The fourth-order valence-electron chi connectivity index (χ4n) is 3.03. The van der Waals surface area contributed by atoms with Crippen molar-refractivity contribution in [2.45, 2.75) is 25.8 Å². The minimum absolute atomic E-state index is 0.207. The Hall–Kier alpha value is -0.870. The molecule has 0 unspecified atom stereocenters. The molecule has 4 heteroatoms. The average molecular weight is 339 g/mol. The fraction of sp³-hybridized carbons (Fsp3) is 0.562. The number of likely N-dealkylation sites (N-methyl/N-ethyl adjacent to an activating group) is 1. The van der Waals surface area contributed by atoms with Crippen LogP contribution < -0.4 is 0 Å². The lowest BCUT2D eigenvalue weighted by Gasteiger charge is -2.40. The van der Waals surface area contributed by atoms with Gasteiger partial charge in [-0.2, -0.15) is 0 Å². The van der Waals surface area contributed by atoms with Crippen LogP contribution in [0.15, 0.2) is 28.7 Å². The standard InChI is InChI=1S/C16H23BrN2O/c1-12-11-18(2)9-8-15(12)19(3)16(20)10-13-6-4-5-7-14(13)17/h4-7,12,15H,8-11H2,1-3H3/t12-,15-/m0/s1. The SMILES string of the molecule is C[C@H]1CN(C)CC[C@@H]1N(C)C(=O)Cc1ccccc1Br. The second-order valence-corrected chi connectivity index (χ2v) is 6.72. The molecule has 0 aromatic heterocycles. The van der Waals surface area contributed by atoms with Crippen LogP contribution in [0, 0.1) is 5.92 Å². The van der Waals surface area contributed by atoms with E-state index in [-0.39, 0.29) is 5.91 Å². The van der Waals surface area contributed by atoms with Gasteiger partial charge in [0.25, 0.3) is 0 Å². The van der Waals surface area contributed by atoms with Gasteiger partial charge in [-0.15, -0.1) is 0 Å². The lowest BCUT2D eigenvalue weighted by molar-refractivity contribution is -0.133. The highest BCUT2D eigenvalue weighted by molar-refractivity contribution is 9.10. The van der Waals surface area contributed by atoms with Crippen molar-refractivity contribution in [2.24, 2.45) is 5.92 Å². The second kappa shape index (κ2) is 6.72. The number of hydrogen-bond acceptors (Lipinski definition) is 2. The summed E-state index contributed by atoms with van der Waals surface area (Å²) in [7, 11) is 4.10. The maximum Gasteiger partial charge on any atom is 0.227 e. The van der Waals surface area contributed by atoms with Crippen LogP contribution >= 0.6 is 15.9 Å². The molecule has 20 heavy (non-hydrogen) atoms. The molecule has 1 aliphatic rings. The predicted molar refractivity (Wildman–Crippen MR) is 85.7 cm³/mol. The summed E-state index contributed by atoms with van der Waals surface area (Å²) in [6, 6.07) is 8.31. The summed E-state index contributed by atoms with van der Waals surface area (Å²) in [5, 5.41) is 0. The maximum atomic E-state index is 12.5. The van der Waals surface area contributed by atoms with Gasteiger partial charge in [-0.1, -0.05) is 41.1 Å². The minimum Gasteiger partial charge on any atom is -0.342 e. The molecular weight excluding hydrogens is 316 g/mol. The molecule has 0 saturated carbocycles. The molecule has 110 valence electrons. The summed E-state index contributed by atoms with van der Waals surface area (Å²) in [5.41, 5.74) is 1.06. The predicted octanol–water partition coefficient (Wildman–Crippen LogP) is 2.79. The summed E-state index contributed by atoms with van der Waals surface area (Å²) in [4.78, 5) is 16.8. The van der Waals surface area contributed by atoms with E-state index in [2.05, 4.69) is 34.8 Å². The first-order valence-corrected chi connectivity index (χ1v) is 7.96. The van der Waals surface area contributed by atoms with Crippen LogP contribution in [0.4, 0.5) is 0 Å². The number of benzene rings is 1. The highest BCUT2D eigenvalue weighted by Crippen LogP contribution is 2.22. The minimum atomic E-state index is 0.207. The third-order valence-corrected chi connectivity index (χ3v) is 5.03. The van der Waals surface area contributed by atoms with E-state index in [1.54, 1.807) is 0 Å². The Morgan fingerprint density at radius 1 is 1.45 bits per heavy atom. The Kier molecular flexibility index (Phi) is 5.22. The number of piperidine rings is 1. The number of carbonyl (C=O) groups excluding carboxylic acids is 1. The highest BCUT2D eigenvalue weighted by Gasteiger charge is 2.29. The fourth-order valence-corrected chi connectivity index (χ4v) is 3.46. The molecule has 1 amide bonds. The summed E-state index contributed by atoms with van der Waals surface area (Å²) in [6.07, 6.45) is 1.53. The Bertz CT molecular complexity index is 477. The molecule has 1 heterocycles. The first kappa shape index (κ1) is 15.5. The number of nitrogens with zero attached hydrogens (tertiary/aromatic N) is 2. The largest absolute Gasteiger partial charge is 0.342 e. The molecule has 1 fully saturated rings. The molecular formula is C16H23BrN2O. The van der Waals surface area contributed by atoms with E-state index in [4.69, 9.17) is 0 Å². The van der Waals surface area contributed by atoms with Gasteiger partial charge < -0.3 is 9.80 Å². The molecule has 0 radical (unpaired) electrons. The first-order chi connectivity index (χ1) is 9.49. The zero-order valence-electron chi connectivity index (χ0n) is 12.5. The van der Waals surface area contributed by atoms with E-state index in [0.29, 0.717) is 18.4 Å². The Morgan fingerprint density at radius 2 is 2.15 bits per heavy atom. The zero-order chi connectivity index (χ0) is 14.7. The zero-order valence-corrected chi connectivity index (χ0v) is 14.1. The van der Waals surface area contributed by atoms with Gasteiger partial charge in [0.2, 0.25) is 5.91 Å². The van der Waals surface area contributed by atoms with Crippen molar-refractivity contribution in [2.75, 3.05) is 27.2 Å². The van der Waals surface area contributed by atoms with Crippen LogP contribution in [0.5, 0.6) is 0 Å². The van der Waals surface area contributed by atoms with Crippen molar-refractivity contribution in [3.8, 4) is 0 Å². The Balaban J connectivity index is 2.00. The second-order valence-electron chi connectivity index (χ2n) is 5.87. The topological polar surface area (TPSA) is 23.6 Å². The molecule has 3 nitrogen and oxygen atoms in total. The quantitative estimate of drug-likeness (QED) is 0.846. The van der Waals surface area contributed by atoms with Crippen molar-refractivity contribution in [3.05, 3.63) is 34.3 Å². The van der Waals surface area contributed by atoms with Crippen LogP contribution in [-0.4, -0.2) is 48.9 Å². The van der Waals surface area contributed by atoms with Gasteiger partial charge in [-0.25, -0.2) is 0 Å². The molecule has 0 bridgehead atoms. The van der Waals surface area contributed by atoms with Crippen LogP contribution in [0.1, 0.15) is 18.9 Å². The highest BCUT2D eigenvalue weighted by atomic mass is 79.9. The van der Waals surface area contributed by atoms with Gasteiger partial charge in [0.1, 0.15) is 0 Å². The lowest BCUT2D eigenvalue weighted by atomic mass is 9.92. The van der Waals surface area contributed by atoms with Crippen molar-refractivity contribution in [1.82, 2.24) is 9.80 Å². The van der Waals surface area contributed by atoms with E-state index in [1.807, 2.05) is 36.2 Å². The number of likely N-dealkylation sites (tertiary alicyclic amines) is 1. The number of carbonyl (C=O) groups is 1. The van der Waals surface area contributed by atoms with Crippen molar-refractivity contribution in [3.63, 3.8) is 0 Å². The van der Waals surface area contributed by atoms with Crippen LogP contribution in [0.3, 0.4) is 0 Å². The molecule has 2 rings (SSSR count). The first-order valence-electron chi connectivity index (χ1n) is 7.16. The van der Waals surface area contributed by atoms with Crippen molar-refractivity contribution < 1.29 is 4.79 Å². The number of halogens is 1. The van der Waals surface area contributed by atoms with Gasteiger partial charge in [-0.05, 0) is 37.6 Å². The Labute approximate surface area is 130 Å². The molecule has 1 aliphatic heterocycles. The van der Waals surface area contributed by atoms with E-state index in [1.165, 1.54) is 0 Å². The van der Waals surface area contributed by atoms with Crippen LogP contribution in [-0.2, 0) is 11.2 Å². The third kappa shape index (κ3) is 3.61. The summed E-state index contributed by atoms with van der Waals surface area (Å²) >= 11 is 3.51. The number of amides is 1. The summed E-state index contributed by atoms with van der Waals surface area (Å²) < 4.78 is 1.01. The molecule has 0 N–H and O–H groups in total. The van der Waals surface area contributed by atoms with Crippen LogP contribution in [0.25, 0.3) is 0 Å². The third-order valence-electron chi connectivity index (χ3n) is 4.25. The number of hydrogen-bond donors (Lipinski definition) is 0. The molecule has 1 aromatic carbocycles. The van der Waals surface area contributed by atoms with Crippen molar-refractivity contribution >= 4 is 21.8 Å². The van der Waals surface area contributed by atoms with Gasteiger partial charge in [0, 0.05) is 24.1 Å². The van der Waals surface area contributed by atoms with Gasteiger partial charge in [0.15, 0.2) is 0 Å². The van der Waals surface area contributed by atoms with Gasteiger partial charge in [0.05, 0.1) is 6.42 Å². The molecule has 0 spiro atoms. The van der Waals surface area contributed by atoms with E-state index >= 15 is 0 Å². The van der Waals surface area contributed by atoms with Crippen LogP contribution in [0.2, 0.25) is 0 Å². The number of rotatable bonds is 3. The molecule has 1 saturated heterocycles.